The molecule has 0 saturated carbocycles. The highest BCUT2D eigenvalue weighted by Crippen LogP contribution is 2.26. The first-order chi connectivity index (χ1) is 9.59. The molecule has 106 valence electrons. The van der Waals surface area contributed by atoms with Crippen LogP contribution >= 0.6 is 0 Å². The van der Waals surface area contributed by atoms with Crippen molar-refractivity contribution in [2.24, 2.45) is 0 Å². The van der Waals surface area contributed by atoms with Crippen LogP contribution in [0.2, 0.25) is 0 Å². The third kappa shape index (κ3) is 3.14. The number of likely N-dealkylation sites (N-methyl/N-ethyl adjacent to an activating group) is 1. The molecule has 1 aromatic rings. The molecule has 0 bridgehead atoms. The summed E-state index contributed by atoms with van der Waals surface area (Å²) in [5, 5.41) is 10.8. The van der Waals surface area contributed by atoms with Gasteiger partial charge in [-0.05, 0) is 25.3 Å². The van der Waals surface area contributed by atoms with Crippen molar-refractivity contribution in [2.45, 2.75) is 19.3 Å². The highest BCUT2D eigenvalue weighted by molar-refractivity contribution is 5.79. The van der Waals surface area contributed by atoms with E-state index in [1.54, 1.807) is 24.1 Å². The van der Waals surface area contributed by atoms with E-state index in [-0.39, 0.29) is 24.0 Å². The summed E-state index contributed by atoms with van der Waals surface area (Å²) < 4.78 is 5.28. The van der Waals surface area contributed by atoms with E-state index in [2.05, 4.69) is 0 Å². The summed E-state index contributed by atoms with van der Waals surface area (Å²) in [6.45, 7) is -0.210. The molecule has 0 atom stereocenters. The molecule has 1 aliphatic rings. The van der Waals surface area contributed by atoms with Gasteiger partial charge in [0.2, 0.25) is 0 Å². The Balaban J connectivity index is 1.98. The fourth-order valence-electron chi connectivity index (χ4n) is 2.09. The molecule has 6 heteroatoms. The van der Waals surface area contributed by atoms with Crippen LogP contribution in [0.3, 0.4) is 0 Å². The Kier molecular flexibility index (Phi) is 4.34. The lowest BCUT2D eigenvalue weighted by atomic mass is 10.3. The molecule has 0 unspecified atom stereocenters. The Hall–Kier alpha value is -2.37. The Labute approximate surface area is 116 Å². The van der Waals surface area contributed by atoms with Crippen molar-refractivity contribution in [3.63, 3.8) is 0 Å². The summed E-state index contributed by atoms with van der Waals surface area (Å²) in [5.74, 6) is -0.101. The largest absolute Gasteiger partial charge is 0.477 e. The highest BCUT2D eigenvalue weighted by Gasteiger charge is 2.19. The highest BCUT2D eigenvalue weighted by atomic mass is 16.6. The first kappa shape index (κ1) is 14.0. The van der Waals surface area contributed by atoms with E-state index in [0.29, 0.717) is 0 Å². The Morgan fingerprint density at radius 1 is 1.45 bits per heavy atom. The van der Waals surface area contributed by atoms with Crippen molar-refractivity contribution >= 4 is 11.6 Å². The summed E-state index contributed by atoms with van der Waals surface area (Å²) in [5.41, 5.74) is 0.851. The van der Waals surface area contributed by atoms with Crippen molar-refractivity contribution in [1.82, 2.24) is 4.90 Å². The molecule has 1 amide bonds. The van der Waals surface area contributed by atoms with E-state index in [0.717, 1.165) is 25.0 Å². The van der Waals surface area contributed by atoms with Crippen LogP contribution < -0.4 is 4.74 Å². The van der Waals surface area contributed by atoms with Gasteiger partial charge in [-0.15, -0.1) is 0 Å². The van der Waals surface area contributed by atoms with E-state index in [4.69, 9.17) is 4.74 Å². The second-order valence-electron chi connectivity index (χ2n) is 4.55. The molecule has 1 aromatic carbocycles. The summed E-state index contributed by atoms with van der Waals surface area (Å²) in [6, 6.07) is 6.03. The molecular formula is C14H16N2O4. The van der Waals surface area contributed by atoms with Gasteiger partial charge in [-0.3, -0.25) is 14.9 Å². The Morgan fingerprint density at radius 2 is 2.20 bits per heavy atom. The summed E-state index contributed by atoms with van der Waals surface area (Å²) in [6.07, 6.45) is 4.95. The van der Waals surface area contributed by atoms with Crippen LogP contribution in [0.25, 0.3) is 0 Å². The summed E-state index contributed by atoms with van der Waals surface area (Å²) >= 11 is 0. The standard InChI is InChI=1S/C14H16N2O4/c1-15(11-6-2-3-7-11)14(17)10-20-13-9-5-4-8-12(13)16(18)19/h4-6,8-9H,2-3,7,10H2,1H3. The van der Waals surface area contributed by atoms with Crippen LogP contribution in [0.5, 0.6) is 5.75 Å². The van der Waals surface area contributed by atoms with Crippen molar-refractivity contribution in [2.75, 3.05) is 13.7 Å². The predicted molar refractivity (Wildman–Crippen MR) is 73.3 cm³/mol. The number of allylic oxidation sites excluding steroid dienone is 2. The molecule has 1 aliphatic carbocycles. The smallest absolute Gasteiger partial charge is 0.310 e. The van der Waals surface area contributed by atoms with Crippen LogP contribution in [-0.4, -0.2) is 29.4 Å². The molecule has 2 rings (SSSR count). The fraction of sp³-hybridized carbons (Fsp3) is 0.357. The quantitative estimate of drug-likeness (QED) is 0.612. The number of benzene rings is 1. The molecule has 0 aliphatic heterocycles. The number of nitro benzene ring substituents is 1. The van der Waals surface area contributed by atoms with Crippen molar-refractivity contribution in [3.8, 4) is 5.75 Å². The molecular weight excluding hydrogens is 260 g/mol. The van der Waals surface area contributed by atoms with Gasteiger partial charge in [-0.25, -0.2) is 0 Å². The molecule has 20 heavy (non-hydrogen) atoms. The number of rotatable bonds is 5. The van der Waals surface area contributed by atoms with Crippen LogP contribution in [0, 0.1) is 10.1 Å². The number of nitro groups is 1. The zero-order chi connectivity index (χ0) is 14.5. The van der Waals surface area contributed by atoms with Gasteiger partial charge >= 0.3 is 5.69 Å². The van der Waals surface area contributed by atoms with Gasteiger partial charge in [0.1, 0.15) is 0 Å². The monoisotopic (exact) mass is 276 g/mol. The second kappa shape index (κ2) is 6.18. The van der Waals surface area contributed by atoms with Crippen LogP contribution in [0.15, 0.2) is 36.0 Å². The number of carbonyl (C=O) groups is 1. The molecule has 0 spiro atoms. The molecule has 0 heterocycles. The summed E-state index contributed by atoms with van der Waals surface area (Å²) in [7, 11) is 1.70. The van der Waals surface area contributed by atoms with Gasteiger partial charge in [-0.1, -0.05) is 18.2 Å². The Bertz CT molecular complexity index is 554. The minimum Gasteiger partial charge on any atom is -0.477 e. The maximum Gasteiger partial charge on any atom is 0.310 e. The minimum absolute atomic E-state index is 0.111. The number of hydrogen-bond acceptors (Lipinski definition) is 4. The topological polar surface area (TPSA) is 72.7 Å². The first-order valence-corrected chi connectivity index (χ1v) is 6.41. The normalized spacial score (nSPS) is 13.8. The van der Waals surface area contributed by atoms with E-state index in [1.165, 1.54) is 12.1 Å². The van der Waals surface area contributed by atoms with Gasteiger partial charge in [0, 0.05) is 18.8 Å². The maximum absolute atomic E-state index is 12.0. The van der Waals surface area contributed by atoms with Gasteiger partial charge < -0.3 is 9.64 Å². The van der Waals surface area contributed by atoms with Crippen LogP contribution in [-0.2, 0) is 4.79 Å². The average molecular weight is 276 g/mol. The van der Waals surface area contributed by atoms with Crippen LogP contribution in [0.4, 0.5) is 5.69 Å². The van der Waals surface area contributed by atoms with Crippen molar-refractivity contribution in [1.29, 1.82) is 0 Å². The minimum atomic E-state index is -0.525. The summed E-state index contributed by atoms with van der Waals surface area (Å²) in [4.78, 5) is 23.8. The molecule has 0 aromatic heterocycles. The third-order valence-electron chi connectivity index (χ3n) is 3.24. The Morgan fingerprint density at radius 3 is 2.85 bits per heavy atom. The van der Waals surface area contributed by atoms with Gasteiger partial charge in [0.05, 0.1) is 4.92 Å². The average Bonchev–Trinajstić information content (AvgIpc) is 2.98. The molecule has 6 nitrogen and oxygen atoms in total. The zero-order valence-corrected chi connectivity index (χ0v) is 11.2. The SMILES string of the molecule is CN(C(=O)COc1ccccc1[N+](=O)[O-])C1=CCCC1. The lowest BCUT2D eigenvalue weighted by molar-refractivity contribution is -0.385. The zero-order valence-electron chi connectivity index (χ0n) is 11.2. The molecule has 0 N–H and O–H groups in total. The van der Waals surface area contributed by atoms with Crippen molar-refractivity contribution < 1.29 is 14.5 Å². The van der Waals surface area contributed by atoms with Gasteiger partial charge in [0.15, 0.2) is 12.4 Å². The lowest BCUT2D eigenvalue weighted by Gasteiger charge is -2.18. The number of nitrogens with zero attached hydrogens (tertiary/aromatic N) is 2. The number of hydrogen-bond donors (Lipinski definition) is 0. The van der Waals surface area contributed by atoms with E-state index in [1.807, 2.05) is 6.08 Å². The number of para-hydroxylation sites is 2. The number of ether oxygens (including phenoxy) is 1. The fourth-order valence-corrected chi connectivity index (χ4v) is 2.09. The molecule has 0 fully saturated rings. The number of amides is 1. The molecule has 0 saturated heterocycles. The first-order valence-electron chi connectivity index (χ1n) is 6.41. The van der Waals surface area contributed by atoms with Gasteiger partial charge in [0.25, 0.3) is 5.91 Å². The maximum atomic E-state index is 12.0. The second-order valence-corrected chi connectivity index (χ2v) is 4.55. The van der Waals surface area contributed by atoms with E-state index < -0.39 is 4.92 Å². The predicted octanol–water partition coefficient (Wildman–Crippen LogP) is 2.50. The van der Waals surface area contributed by atoms with Crippen molar-refractivity contribution in [3.05, 3.63) is 46.2 Å². The van der Waals surface area contributed by atoms with E-state index in [9.17, 15) is 14.9 Å². The number of carbonyl (C=O) groups excluding carboxylic acids is 1. The lowest BCUT2D eigenvalue weighted by Crippen LogP contribution is -2.30. The van der Waals surface area contributed by atoms with E-state index >= 15 is 0 Å². The van der Waals surface area contributed by atoms with Gasteiger partial charge in [-0.2, -0.15) is 0 Å². The van der Waals surface area contributed by atoms with Crippen LogP contribution in [0.1, 0.15) is 19.3 Å². The molecule has 0 radical (unpaired) electrons. The third-order valence-corrected chi connectivity index (χ3v) is 3.24.